The van der Waals surface area contributed by atoms with Gasteiger partial charge in [-0.05, 0) is 36.4 Å². The summed E-state index contributed by atoms with van der Waals surface area (Å²) in [5, 5.41) is 18.6. The lowest BCUT2D eigenvalue weighted by Crippen LogP contribution is -2.41. The molecule has 1 unspecified atom stereocenters. The van der Waals surface area contributed by atoms with E-state index in [0.717, 1.165) is 14.3 Å². The summed E-state index contributed by atoms with van der Waals surface area (Å²) >= 11 is 12.2. The normalized spacial score (nSPS) is 17.4. The van der Waals surface area contributed by atoms with Crippen LogP contribution in [0.1, 0.15) is 12.2 Å². The lowest BCUT2D eigenvalue weighted by atomic mass is 10.2. The second-order valence-corrected chi connectivity index (χ2v) is 10.6. The summed E-state index contributed by atoms with van der Waals surface area (Å²) in [6.07, 6.45) is -8.79. The van der Waals surface area contributed by atoms with Gasteiger partial charge in [0.1, 0.15) is 12.6 Å². The van der Waals surface area contributed by atoms with Gasteiger partial charge in [-0.1, -0.05) is 35.3 Å². The Labute approximate surface area is 248 Å². The molecule has 5 rings (SSSR count). The molecule has 0 aliphatic carbocycles. The number of aliphatic hydroxyl groups is 1. The van der Waals surface area contributed by atoms with E-state index < -0.39 is 61.9 Å². The number of aliphatic hydroxyl groups excluding tert-OH is 1. The van der Waals surface area contributed by atoms with E-state index in [9.17, 15) is 36.6 Å². The molecular formula is C25H21Cl2F5N8O3. The quantitative estimate of drug-likeness (QED) is 0.280. The minimum absolute atomic E-state index is 0.148. The van der Waals surface area contributed by atoms with Crippen molar-refractivity contribution in [2.24, 2.45) is 5.73 Å². The first-order valence-corrected chi connectivity index (χ1v) is 13.2. The Balaban J connectivity index is 1.61. The van der Waals surface area contributed by atoms with Gasteiger partial charge in [0.05, 0.1) is 23.8 Å². The number of halogens is 7. The van der Waals surface area contributed by atoms with Crippen LogP contribution in [0, 0.1) is 0 Å². The van der Waals surface area contributed by atoms with E-state index in [-0.39, 0.29) is 33.9 Å². The number of amides is 1. The van der Waals surface area contributed by atoms with Crippen LogP contribution < -0.4 is 16.3 Å². The number of hydrogen-bond donors (Lipinski definition) is 2. The molecule has 3 heterocycles. The summed E-state index contributed by atoms with van der Waals surface area (Å²) in [5.41, 5.74) is 4.77. The van der Waals surface area contributed by atoms with Crippen molar-refractivity contribution in [1.82, 2.24) is 29.1 Å². The average Bonchev–Trinajstić information content (AvgIpc) is 3.58. The fourth-order valence-corrected chi connectivity index (χ4v) is 4.94. The predicted molar refractivity (Wildman–Crippen MR) is 144 cm³/mol. The number of rotatable bonds is 8. The Morgan fingerprint density at radius 1 is 1.12 bits per heavy atom. The van der Waals surface area contributed by atoms with Crippen LogP contribution >= 0.6 is 23.2 Å². The Kier molecular flexibility index (Phi) is 7.96. The molecule has 1 aliphatic rings. The molecule has 2 aromatic heterocycles. The van der Waals surface area contributed by atoms with Crippen LogP contribution in [0.4, 0.5) is 27.9 Å². The van der Waals surface area contributed by atoms with E-state index in [1.165, 1.54) is 36.4 Å². The van der Waals surface area contributed by atoms with Gasteiger partial charge in [-0.3, -0.25) is 9.36 Å². The maximum atomic E-state index is 14.4. The molecule has 2 aromatic carbocycles. The number of nitrogens with zero attached hydrogens (tertiary/aromatic N) is 7. The summed E-state index contributed by atoms with van der Waals surface area (Å²) in [6.45, 7) is -2.63. The zero-order valence-corrected chi connectivity index (χ0v) is 23.2. The van der Waals surface area contributed by atoms with Gasteiger partial charge in [0.15, 0.2) is 17.8 Å². The number of para-hydroxylation sites is 1. The maximum Gasteiger partial charge on any atom is 0.416 e. The minimum atomic E-state index is -5.03. The number of primary amides is 1. The molecule has 0 spiro atoms. The highest BCUT2D eigenvalue weighted by Crippen LogP contribution is 2.36. The van der Waals surface area contributed by atoms with Crippen molar-refractivity contribution in [3.63, 3.8) is 0 Å². The van der Waals surface area contributed by atoms with Crippen LogP contribution in [0.25, 0.3) is 17.1 Å². The standard InChI is InChI=1S/C25H21Cl2F5N8O3/c26-14-7-5-13(6-8-14)21-36-39(23(43)37(21)10-18(41)25(30,31)32)11-19-34-22(38-12-24(28,29)9-17(38)20(33)42)40(35-19)16-4-2-1-3-15(16)27/h1-8,17-18,41H,9-12H2,(H2,33,42)/t17-,18?/m1/s1. The Morgan fingerprint density at radius 2 is 1.79 bits per heavy atom. The van der Waals surface area contributed by atoms with Gasteiger partial charge in [-0.2, -0.15) is 22.8 Å². The molecule has 0 bridgehead atoms. The third-order valence-corrected chi connectivity index (χ3v) is 7.19. The summed E-state index contributed by atoms with van der Waals surface area (Å²) in [6, 6.07) is 10.5. The molecule has 1 aliphatic heterocycles. The Morgan fingerprint density at radius 3 is 2.42 bits per heavy atom. The summed E-state index contributed by atoms with van der Waals surface area (Å²) < 4.78 is 71.0. The number of carbonyl (C=O) groups excluding carboxylic acids is 1. The highest BCUT2D eigenvalue weighted by molar-refractivity contribution is 6.32. The van der Waals surface area contributed by atoms with Crippen molar-refractivity contribution in [3.8, 4) is 17.1 Å². The van der Waals surface area contributed by atoms with Crippen molar-refractivity contribution >= 4 is 35.1 Å². The zero-order chi connectivity index (χ0) is 31.3. The number of alkyl halides is 5. The van der Waals surface area contributed by atoms with Crippen LogP contribution in [0.5, 0.6) is 0 Å². The monoisotopic (exact) mass is 646 g/mol. The van der Waals surface area contributed by atoms with E-state index in [1.54, 1.807) is 12.1 Å². The molecule has 2 atom stereocenters. The third kappa shape index (κ3) is 6.21. The molecule has 1 fully saturated rings. The van der Waals surface area contributed by atoms with E-state index in [1.807, 2.05) is 0 Å². The van der Waals surface area contributed by atoms with Gasteiger partial charge in [0.2, 0.25) is 11.9 Å². The first-order valence-electron chi connectivity index (χ1n) is 12.5. The summed E-state index contributed by atoms with van der Waals surface area (Å²) in [4.78, 5) is 30.6. The van der Waals surface area contributed by atoms with Gasteiger partial charge in [0.25, 0.3) is 5.92 Å². The van der Waals surface area contributed by atoms with Crippen molar-refractivity contribution in [3.05, 3.63) is 74.9 Å². The number of hydrogen-bond acceptors (Lipinski definition) is 7. The molecule has 3 N–H and O–H groups in total. The van der Waals surface area contributed by atoms with Crippen LogP contribution in [0.3, 0.4) is 0 Å². The van der Waals surface area contributed by atoms with Crippen LogP contribution in [0.15, 0.2) is 53.3 Å². The molecule has 0 radical (unpaired) electrons. The van der Waals surface area contributed by atoms with Gasteiger partial charge < -0.3 is 15.7 Å². The van der Waals surface area contributed by atoms with Crippen LogP contribution in [-0.2, 0) is 17.9 Å². The van der Waals surface area contributed by atoms with Crippen molar-refractivity contribution in [2.45, 2.75) is 43.8 Å². The van der Waals surface area contributed by atoms with Crippen molar-refractivity contribution < 1.29 is 31.9 Å². The fourth-order valence-electron chi connectivity index (χ4n) is 4.60. The molecule has 228 valence electrons. The average molecular weight is 647 g/mol. The lowest BCUT2D eigenvalue weighted by molar-refractivity contribution is -0.207. The second kappa shape index (κ2) is 11.2. The Bertz CT molecular complexity index is 1720. The summed E-state index contributed by atoms with van der Waals surface area (Å²) in [7, 11) is 0. The third-order valence-electron chi connectivity index (χ3n) is 6.62. The molecule has 1 amide bonds. The summed E-state index contributed by atoms with van der Waals surface area (Å²) in [5.74, 6) is -4.96. The molecule has 43 heavy (non-hydrogen) atoms. The molecule has 18 heteroatoms. The minimum Gasteiger partial charge on any atom is -0.382 e. The number of carbonyl (C=O) groups is 1. The lowest BCUT2D eigenvalue weighted by Gasteiger charge is -2.22. The predicted octanol–water partition coefficient (Wildman–Crippen LogP) is 3.27. The van der Waals surface area contributed by atoms with Gasteiger partial charge in [-0.15, -0.1) is 10.2 Å². The molecule has 4 aromatic rings. The molecule has 1 saturated heterocycles. The topological polar surface area (TPSA) is 137 Å². The van der Waals surface area contributed by atoms with Gasteiger partial charge >= 0.3 is 11.9 Å². The van der Waals surface area contributed by atoms with Crippen LogP contribution in [-0.4, -0.2) is 70.9 Å². The van der Waals surface area contributed by atoms with E-state index >= 15 is 0 Å². The number of anilines is 1. The van der Waals surface area contributed by atoms with Crippen LogP contribution in [0.2, 0.25) is 10.0 Å². The first-order chi connectivity index (χ1) is 20.1. The highest BCUT2D eigenvalue weighted by atomic mass is 35.5. The van der Waals surface area contributed by atoms with E-state index in [4.69, 9.17) is 28.9 Å². The van der Waals surface area contributed by atoms with Crippen molar-refractivity contribution in [2.75, 3.05) is 11.4 Å². The highest BCUT2D eigenvalue weighted by Gasteiger charge is 2.49. The van der Waals surface area contributed by atoms with E-state index in [0.29, 0.717) is 9.59 Å². The maximum absolute atomic E-state index is 14.4. The molecule has 11 nitrogen and oxygen atoms in total. The smallest absolute Gasteiger partial charge is 0.382 e. The van der Waals surface area contributed by atoms with Gasteiger partial charge in [-0.25, -0.2) is 18.3 Å². The second-order valence-electron chi connectivity index (χ2n) is 9.74. The number of nitrogens with two attached hydrogens (primary N) is 1. The van der Waals surface area contributed by atoms with Crippen molar-refractivity contribution in [1.29, 1.82) is 0 Å². The Hall–Kier alpha value is -4.02. The van der Waals surface area contributed by atoms with E-state index in [2.05, 4.69) is 15.2 Å². The number of aromatic nitrogens is 6. The largest absolute Gasteiger partial charge is 0.416 e. The fraction of sp³-hybridized carbons (Fsp3) is 0.320. The SMILES string of the molecule is NC(=O)[C@H]1CC(F)(F)CN1c1nc(Cn2nc(-c3ccc(Cl)cc3)n(CC(O)C(F)(F)F)c2=O)nn1-c1ccccc1Cl. The first kappa shape index (κ1) is 30.4. The molecule has 0 saturated carbocycles. The molecular weight excluding hydrogens is 626 g/mol. The van der Waals surface area contributed by atoms with Gasteiger partial charge in [0, 0.05) is 17.0 Å². The zero-order valence-electron chi connectivity index (χ0n) is 21.7. The number of benzene rings is 2.